The van der Waals surface area contributed by atoms with Gasteiger partial charge in [-0.2, -0.15) is 0 Å². The average Bonchev–Trinajstić information content (AvgIpc) is 2.67. The summed E-state index contributed by atoms with van der Waals surface area (Å²) in [5.74, 6) is 2.11. The van der Waals surface area contributed by atoms with Crippen molar-refractivity contribution >= 4 is 17.0 Å². The highest BCUT2D eigenvalue weighted by molar-refractivity contribution is 5.88. The van der Waals surface area contributed by atoms with E-state index in [1.807, 2.05) is 18.2 Å². The van der Waals surface area contributed by atoms with Crippen LogP contribution in [0.3, 0.4) is 0 Å². The first-order chi connectivity index (χ1) is 12.3. The van der Waals surface area contributed by atoms with Gasteiger partial charge in [0.1, 0.15) is 11.9 Å². The summed E-state index contributed by atoms with van der Waals surface area (Å²) in [5.41, 5.74) is 3.37. The van der Waals surface area contributed by atoms with E-state index in [9.17, 15) is 0 Å². The molecule has 0 amide bonds. The fourth-order valence-corrected chi connectivity index (χ4v) is 3.17. The Bertz CT molecular complexity index is 949. The van der Waals surface area contributed by atoms with Crippen molar-refractivity contribution in [3.63, 3.8) is 0 Å². The highest BCUT2D eigenvalue weighted by atomic mass is 16.5. The van der Waals surface area contributed by atoms with Crippen molar-refractivity contribution in [3.8, 4) is 17.2 Å². The number of nitrogens with zero attached hydrogens (tertiary/aromatic N) is 1. The molecule has 1 aromatic heterocycles. The van der Waals surface area contributed by atoms with Crippen LogP contribution in [0.25, 0.3) is 17.0 Å². The van der Waals surface area contributed by atoms with Crippen molar-refractivity contribution in [2.45, 2.75) is 12.5 Å². The van der Waals surface area contributed by atoms with Gasteiger partial charge in [-0.15, -0.1) is 0 Å². The normalized spacial score (nSPS) is 15.7. The number of methoxy groups -OCH3 is 2. The van der Waals surface area contributed by atoms with E-state index in [0.717, 1.165) is 23.1 Å². The number of hydrogen-bond acceptors (Lipinski definition) is 4. The van der Waals surface area contributed by atoms with E-state index in [2.05, 4.69) is 41.4 Å². The molecule has 0 saturated heterocycles. The second-order valence-electron chi connectivity index (χ2n) is 5.95. The standard InChI is InChI=1S/C21H19NO3/c1-23-20-12-17-18(13-21(20)24-2)22-10-9-19(17)25-16-8-7-14-5-3-4-6-15(14)11-16/h3-10,12-13,16H,11H2,1-2H3. The van der Waals surface area contributed by atoms with Crippen molar-refractivity contribution < 1.29 is 14.2 Å². The number of aromatic nitrogens is 1. The maximum atomic E-state index is 6.28. The zero-order valence-electron chi connectivity index (χ0n) is 14.2. The van der Waals surface area contributed by atoms with E-state index >= 15 is 0 Å². The van der Waals surface area contributed by atoms with Gasteiger partial charge in [-0.25, -0.2) is 0 Å². The highest BCUT2D eigenvalue weighted by Crippen LogP contribution is 2.36. The van der Waals surface area contributed by atoms with Crippen LogP contribution in [-0.4, -0.2) is 25.3 Å². The van der Waals surface area contributed by atoms with Crippen LogP contribution in [0.5, 0.6) is 17.2 Å². The van der Waals surface area contributed by atoms with Gasteiger partial charge in [0.2, 0.25) is 0 Å². The molecule has 126 valence electrons. The Labute approximate surface area is 146 Å². The average molecular weight is 333 g/mol. The minimum Gasteiger partial charge on any atom is -0.493 e. The van der Waals surface area contributed by atoms with Crippen molar-refractivity contribution in [1.29, 1.82) is 0 Å². The van der Waals surface area contributed by atoms with Crippen LogP contribution in [0.15, 0.2) is 54.7 Å². The first-order valence-corrected chi connectivity index (χ1v) is 8.22. The van der Waals surface area contributed by atoms with Crippen LogP contribution < -0.4 is 14.2 Å². The Morgan fingerprint density at radius 2 is 1.76 bits per heavy atom. The van der Waals surface area contributed by atoms with E-state index in [4.69, 9.17) is 14.2 Å². The highest BCUT2D eigenvalue weighted by Gasteiger charge is 2.17. The molecule has 25 heavy (non-hydrogen) atoms. The van der Waals surface area contributed by atoms with E-state index in [0.29, 0.717) is 11.5 Å². The molecule has 1 heterocycles. The lowest BCUT2D eigenvalue weighted by Gasteiger charge is -2.22. The molecular formula is C21H19NO3. The van der Waals surface area contributed by atoms with Crippen molar-refractivity contribution in [1.82, 2.24) is 4.98 Å². The molecule has 0 N–H and O–H groups in total. The lowest BCUT2D eigenvalue weighted by atomic mass is 9.96. The van der Waals surface area contributed by atoms with Gasteiger partial charge in [0.05, 0.1) is 19.7 Å². The summed E-state index contributed by atoms with van der Waals surface area (Å²) >= 11 is 0. The van der Waals surface area contributed by atoms with E-state index in [1.54, 1.807) is 20.4 Å². The van der Waals surface area contributed by atoms with Gasteiger partial charge >= 0.3 is 0 Å². The Morgan fingerprint density at radius 1 is 0.960 bits per heavy atom. The summed E-state index contributed by atoms with van der Waals surface area (Å²) in [7, 11) is 3.25. The SMILES string of the molecule is COc1cc2nccc(OC3C=Cc4ccccc4C3)c2cc1OC. The maximum Gasteiger partial charge on any atom is 0.162 e. The Hall–Kier alpha value is -3.01. The number of rotatable bonds is 4. The summed E-state index contributed by atoms with van der Waals surface area (Å²) in [6.07, 6.45) is 6.83. The molecule has 2 aromatic carbocycles. The quantitative estimate of drug-likeness (QED) is 0.715. The molecule has 1 unspecified atom stereocenters. The van der Waals surface area contributed by atoms with Crippen LogP contribution >= 0.6 is 0 Å². The van der Waals surface area contributed by atoms with Gasteiger partial charge in [0.15, 0.2) is 11.5 Å². The van der Waals surface area contributed by atoms with Crippen LogP contribution in [-0.2, 0) is 6.42 Å². The molecule has 1 aliphatic carbocycles. The van der Waals surface area contributed by atoms with E-state index in [1.165, 1.54) is 11.1 Å². The van der Waals surface area contributed by atoms with Gasteiger partial charge in [-0.1, -0.05) is 30.3 Å². The summed E-state index contributed by atoms with van der Waals surface area (Å²) in [6.45, 7) is 0. The largest absolute Gasteiger partial charge is 0.493 e. The lowest BCUT2D eigenvalue weighted by molar-refractivity contribution is 0.252. The van der Waals surface area contributed by atoms with Gasteiger partial charge in [-0.3, -0.25) is 4.98 Å². The van der Waals surface area contributed by atoms with E-state index < -0.39 is 0 Å². The molecule has 4 heteroatoms. The van der Waals surface area contributed by atoms with Crippen molar-refractivity contribution in [3.05, 3.63) is 65.9 Å². The van der Waals surface area contributed by atoms with Gasteiger partial charge in [0, 0.05) is 24.1 Å². The van der Waals surface area contributed by atoms with E-state index in [-0.39, 0.29) is 6.10 Å². The molecule has 0 spiro atoms. The van der Waals surface area contributed by atoms with Crippen molar-refractivity contribution in [2.24, 2.45) is 0 Å². The van der Waals surface area contributed by atoms with Crippen LogP contribution in [0, 0.1) is 0 Å². The predicted octanol–water partition coefficient (Wildman–Crippen LogP) is 4.27. The predicted molar refractivity (Wildman–Crippen MR) is 98.4 cm³/mol. The summed E-state index contributed by atoms with van der Waals surface area (Å²) in [4.78, 5) is 4.42. The topological polar surface area (TPSA) is 40.6 Å². The summed E-state index contributed by atoms with van der Waals surface area (Å²) in [6, 6.07) is 14.1. The maximum absolute atomic E-state index is 6.28. The number of hydrogen-bond donors (Lipinski definition) is 0. The molecule has 0 fully saturated rings. The third-order valence-electron chi connectivity index (χ3n) is 4.45. The van der Waals surface area contributed by atoms with Crippen molar-refractivity contribution in [2.75, 3.05) is 14.2 Å². The third-order valence-corrected chi connectivity index (χ3v) is 4.45. The molecule has 0 bridgehead atoms. The fraction of sp³-hybridized carbons (Fsp3) is 0.190. The smallest absolute Gasteiger partial charge is 0.162 e. The fourth-order valence-electron chi connectivity index (χ4n) is 3.17. The molecule has 0 radical (unpaired) electrons. The first-order valence-electron chi connectivity index (χ1n) is 8.22. The number of fused-ring (bicyclic) bond motifs is 2. The molecule has 0 aliphatic heterocycles. The minimum atomic E-state index is -0.00593. The lowest BCUT2D eigenvalue weighted by Crippen LogP contribution is -2.20. The molecule has 4 nitrogen and oxygen atoms in total. The number of ether oxygens (including phenoxy) is 3. The first kappa shape index (κ1) is 15.5. The third kappa shape index (κ3) is 2.91. The monoisotopic (exact) mass is 333 g/mol. The molecular weight excluding hydrogens is 314 g/mol. The van der Waals surface area contributed by atoms with Crippen LogP contribution in [0.2, 0.25) is 0 Å². The molecule has 3 aromatic rings. The minimum absolute atomic E-state index is 0.00593. The number of benzene rings is 2. The molecule has 1 aliphatic rings. The Morgan fingerprint density at radius 3 is 2.60 bits per heavy atom. The molecule has 0 saturated carbocycles. The van der Waals surface area contributed by atoms with Crippen LogP contribution in [0.4, 0.5) is 0 Å². The Kier molecular flexibility index (Phi) is 4.02. The summed E-state index contributed by atoms with van der Waals surface area (Å²) in [5, 5.41) is 0.910. The zero-order chi connectivity index (χ0) is 17.2. The van der Waals surface area contributed by atoms with Crippen LogP contribution in [0.1, 0.15) is 11.1 Å². The molecule has 1 atom stereocenters. The second kappa shape index (κ2) is 6.48. The summed E-state index contributed by atoms with van der Waals surface area (Å²) < 4.78 is 17.0. The Balaban J connectivity index is 1.68. The molecule has 4 rings (SSSR count). The second-order valence-corrected chi connectivity index (χ2v) is 5.95. The van der Waals surface area contributed by atoms with Gasteiger partial charge in [-0.05, 0) is 29.3 Å². The zero-order valence-corrected chi connectivity index (χ0v) is 14.2. The van der Waals surface area contributed by atoms with Gasteiger partial charge < -0.3 is 14.2 Å². The number of pyridine rings is 1. The van der Waals surface area contributed by atoms with Gasteiger partial charge in [0.25, 0.3) is 0 Å².